The van der Waals surface area contributed by atoms with Crippen molar-refractivity contribution in [3.8, 4) is 0 Å². The van der Waals surface area contributed by atoms with Gasteiger partial charge in [0.05, 0.1) is 11.9 Å². The first-order valence-electron chi connectivity index (χ1n) is 4.98. The fourth-order valence-corrected chi connectivity index (χ4v) is 2.71. The highest BCUT2D eigenvalue weighted by Crippen LogP contribution is 2.48. The Balaban J connectivity index is 1.89. The summed E-state index contributed by atoms with van der Waals surface area (Å²) in [6.07, 6.45) is -1.63. The van der Waals surface area contributed by atoms with Crippen molar-refractivity contribution in [1.82, 2.24) is 0 Å². The Bertz CT molecular complexity index is 296. The topological polar surface area (TPSA) is 57.2 Å². The molecule has 5 nitrogen and oxygen atoms in total. The van der Waals surface area contributed by atoms with Crippen LogP contribution in [0.15, 0.2) is 0 Å². The third-order valence-corrected chi connectivity index (χ3v) is 3.41. The Labute approximate surface area is 93.0 Å². The predicted molar refractivity (Wildman–Crippen MR) is 52.4 cm³/mol. The minimum Gasteiger partial charge on any atom is -0.361 e. The highest BCUT2D eigenvalue weighted by molar-refractivity contribution is 7.81. The van der Waals surface area contributed by atoms with Crippen LogP contribution in [-0.2, 0) is 18.9 Å². The van der Waals surface area contributed by atoms with Gasteiger partial charge in [-0.15, -0.1) is 0 Å². The Kier molecular flexibility index (Phi) is 1.98. The Morgan fingerprint density at radius 3 is 2.73 bits per heavy atom. The number of aliphatic hydroxyl groups is 1. The number of rotatable bonds is 0. The monoisotopic (exact) mass is 234 g/mol. The van der Waals surface area contributed by atoms with Crippen LogP contribution in [0.3, 0.4) is 0 Å². The van der Waals surface area contributed by atoms with E-state index >= 15 is 0 Å². The van der Waals surface area contributed by atoms with E-state index in [1.54, 1.807) is 13.8 Å². The van der Waals surface area contributed by atoms with E-state index in [-0.39, 0.29) is 5.25 Å². The second kappa shape index (κ2) is 2.88. The second-order valence-electron chi connectivity index (χ2n) is 4.61. The minimum absolute atomic E-state index is 0.143. The molecular weight excluding hydrogens is 220 g/mol. The number of ether oxygens (including phenoxy) is 4. The zero-order valence-electron chi connectivity index (χ0n) is 8.54. The molecule has 15 heavy (non-hydrogen) atoms. The summed E-state index contributed by atoms with van der Waals surface area (Å²) in [5, 5.41) is 10.2. The van der Waals surface area contributed by atoms with Gasteiger partial charge in [-0.2, -0.15) is 12.6 Å². The number of fused-ring (bicyclic) bond motifs is 3. The van der Waals surface area contributed by atoms with Gasteiger partial charge in [0.1, 0.15) is 6.10 Å². The summed E-state index contributed by atoms with van der Waals surface area (Å²) in [6.45, 7) is 3.91. The molecule has 0 amide bonds. The molecule has 0 aliphatic carbocycles. The molecular formula is C9H14O5S. The van der Waals surface area contributed by atoms with Crippen molar-refractivity contribution in [2.45, 2.75) is 49.2 Å². The fraction of sp³-hybridized carbons (Fsp3) is 1.00. The van der Waals surface area contributed by atoms with Gasteiger partial charge in [-0.1, -0.05) is 0 Å². The molecule has 6 heteroatoms. The third-order valence-electron chi connectivity index (χ3n) is 2.99. The molecule has 0 aromatic carbocycles. The summed E-state index contributed by atoms with van der Waals surface area (Å²) in [5.74, 6) is -2.15. The average Bonchev–Trinajstić information content (AvgIpc) is 2.65. The maximum Gasteiger partial charge on any atom is 0.226 e. The van der Waals surface area contributed by atoms with Crippen molar-refractivity contribution < 1.29 is 24.1 Å². The maximum atomic E-state index is 10.3. The first-order valence-corrected chi connectivity index (χ1v) is 5.49. The molecule has 5 atom stereocenters. The predicted octanol–water partition coefficient (Wildman–Crippen LogP) is -0.120. The molecule has 3 rings (SSSR count). The van der Waals surface area contributed by atoms with Crippen LogP contribution < -0.4 is 0 Å². The van der Waals surface area contributed by atoms with Crippen molar-refractivity contribution in [2.75, 3.05) is 6.61 Å². The van der Waals surface area contributed by atoms with E-state index in [2.05, 4.69) is 12.6 Å². The summed E-state index contributed by atoms with van der Waals surface area (Å²) in [6, 6.07) is 0. The van der Waals surface area contributed by atoms with Crippen LogP contribution in [0.25, 0.3) is 0 Å². The van der Waals surface area contributed by atoms with Crippen LogP contribution in [0, 0.1) is 0 Å². The molecule has 0 bridgehead atoms. The SMILES string of the molecule is CC1(C)O[C@H]2O[C@@H]3[C@@H](S)CO[C@]3(O)[C@H]2O1. The number of thiol groups is 1. The van der Waals surface area contributed by atoms with Gasteiger partial charge in [-0.3, -0.25) is 0 Å². The van der Waals surface area contributed by atoms with Gasteiger partial charge in [0.2, 0.25) is 5.79 Å². The van der Waals surface area contributed by atoms with Gasteiger partial charge in [0.25, 0.3) is 0 Å². The van der Waals surface area contributed by atoms with Crippen LogP contribution in [0.4, 0.5) is 0 Å². The van der Waals surface area contributed by atoms with Gasteiger partial charge in [0.15, 0.2) is 18.2 Å². The molecule has 3 aliphatic heterocycles. The maximum absolute atomic E-state index is 10.3. The van der Waals surface area contributed by atoms with Crippen molar-refractivity contribution in [3.63, 3.8) is 0 Å². The number of hydrogen-bond acceptors (Lipinski definition) is 6. The van der Waals surface area contributed by atoms with Crippen molar-refractivity contribution >= 4 is 12.6 Å². The molecule has 0 aromatic rings. The third kappa shape index (κ3) is 1.30. The Hall–Kier alpha value is 0.150. The van der Waals surface area contributed by atoms with Gasteiger partial charge in [-0.25, -0.2) is 0 Å². The van der Waals surface area contributed by atoms with E-state index in [4.69, 9.17) is 18.9 Å². The lowest BCUT2D eigenvalue weighted by atomic mass is 10.1. The highest BCUT2D eigenvalue weighted by atomic mass is 32.1. The zero-order valence-corrected chi connectivity index (χ0v) is 9.44. The minimum atomic E-state index is -1.41. The summed E-state index contributed by atoms with van der Waals surface area (Å²) in [4.78, 5) is 0. The standard InChI is InChI=1S/C9H14O5S/c1-8(2)13-6-7(14-8)12-5-4(15)3-11-9(5,6)10/h4-7,10,15H,3H2,1-2H3/t4-,5+,6-,7+,9-/m0/s1. The lowest BCUT2D eigenvalue weighted by Crippen LogP contribution is -2.48. The Morgan fingerprint density at radius 2 is 2.00 bits per heavy atom. The lowest BCUT2D eigenvalue weighted by Gasteiger charge is -2.27. The molecule has 86 valence electrons. The molecule has 3 fully saturated rings. The molecule has 0 unspecified atom stereocenters. The fourth-order valence-electron chi connectivity index (χ4n) is 2.35. The number of hydrogen-bond donors (Lipinski definition) is 2. The average molecular weight is 234 g/mol. The largest absolute Gasteiger partial charge is 0.361 e. The van der Waals surface area contributed by atoms with Crippen molar-refractivity contribution in [3.05, 3.63) is 0 Å². The van der Waals surface area contributed by atoms with E-state index in [0.29, 0.717) is 6.61 Å². The van der Waals surface area contributed by atoms with E-state index < -0.39 is 30.1 Å². The van der Waals surface area contributed by atoms with E-state index in [0.717, 1.165) is 0 Å². The molecule has 0 radical (unpaired) electrons. The van der Waals surface area contributed by atoms with Crippen LogP contribution in [-0.4, -0.2) is 47.0 Å². The smallest absolute Gasteiger partial charge is 0.226 e. The summed E-state index contributed by atoms with van der Waals surface area (Å²) >= 11 is 4.29. The zero-order chi connectivity index (χ0) is 10.8. The summed E-state index contributed by atoms with van der Waals surface area (Å²) in [7, 11) is 0. The van der Waals surface area contributed by atoms with E-state index in [1.807, 2.05) is 0 Å². The first kappa shape index (κ1) is 10.3. The van der Waals surface area contributed by atoms with Crippen LogP contribution >= 0.6 is 12.6 Å². The lowest BCUT2D eigenvalue weighted by molar-refractivity contribution is -0.271. The molecule has 0 spiro atoms. The summed E-state index contributed by atoms with van der Waals surface area (Å²) < 4.78 is 22.0. The van der Waals surface area contributed by atoms with E-state index in [9.17, 15) is 5.11 Å². The summed E-state index contributed by atoms with van der Waals surface area (Å²) in [5.41, 5.74) is 0. The highest BCUT2D eigenvalue weighted by Gasteiger charge is 2.68. The molecule has 3 aliphatic rings. The molecule has 3 saturated heterocycles. The molecule has 0 saturated carbocycles. The normalized spacial score (nSPS) is 56.8. The van der Waals surface area contributed by atoms with Crippen LogP contribution in [0.5, 0.6) is 0 Å². The second-order valence-corrected chi connectivity index (χ2v) is 5.27. The van der Waals surface area contributed by atoms with Gasteiger partial charge in [0, 0.05) is 0 Å². The van der Waals surface area contributed by atoms with Crippen molar-refractivity contribution in [1.29, 1.82) is 0 Å². The van der Waals surface area contributed by atoms with Crippen molar-refractivity contribution in [2.24, 2.45) is 0 Å². The first-order chi connectivity index (χ1) is 6.92. The molecule has 1 N–H and O–H groups in total. The molecule has 3 heterocycles. The van der Waals surface area contributed by atoms with Gasteiger partial charge < -0.3 is 24.1 Å². The van der Waals surface area contributed by atoms with Crippen LogP contribution in [0.1, 0.15) is 13.8 Å². The van der Waals surface area contributed by atoms with Gasteiger partial charge >= 0.3 is 0 Å². The van der Waals surface area contributed by atoms with E-state index in [1.165, 1.54) is 0 Å². The van der Waals surface area contributed by atoms with Gasteiger partial charge in [-0.05, 0) is 13.8 Å². The quantitative estimate of drug-likeness (QED) is 0.572. The van der Waals surface area contributed by atoms with Crippen LogP contribution in [0.2, 0.25) is 0 Å². The molecule has 0 aromatic heterocycles. The Morgan fingerprint density at radius 1 is 1.27 bits per heavy atom.